The molecule has 208 valence electrons. The number of nitrogens with zero attached hydrogens (tertiary/aromatic N) is 2. The zero-order valence-electron chi connectivity index (χ0n) is 22.9. The number of anilines is 3. The molecule has 1 amide bonds. The molecule has 8 nitrogen and oxygen atoms in total. The first-order valence-electron chi connectivity index (χ1n) is 13.5. The molecule has 1 fully saturated rings. The van der Waals surface area contributed by atoms with E-state index >= 15 is 0 Å². The third-order valence-electron chi connectivity index (χ3n) is 7.28. The Kier molecular flexibility index (Phi) is 6.96. The van der Waals surface area contributed by atoms with Crippen molar-refractivity contribution in [3.63, 3.8) is 0 Å². The number of rotatable bonds is 9. The molecule has 4 aromatic carbocycles. The van der Waals surface area contributed by atoms with Crippen molar-refractivity contribution in [3.05, 3.63) is 102 Å². The van der Waals surface area contributed by atoms with E-state index in [0.29, 0.717) is 22.8 Å². The molecule has 3 N–H and O–H groups in total. The van der Waals surface area contributed by atoms with Crippen LogP contribution in [0.15, 0.2) is 95.9 Å². The van der Waals surface area contributed by atoms with E-state index in [1.165, 1.54) is 12.8 Å². The lowest BCUT2D eigenvalue weighted by atomic mass is 10.0. The number of hydrogen-bond donors (Lipinski definition) is 3. The highest BCUT2D eigenvalue weighted by Crippen LogP contribution is 2.39. The number of carbonyl (C=O) groups is 1. The molecule has 1 heterocycles. The topological polar surface area (TPSA) is 107 Å². The SMILES string of the molecule is CN(C)c1cccc2c(S(=O)(=O)Nc3cccc(-c4ccc(CC(=O)Nc5cc(C6CC6)[nH]n5)cc4)c3)cccc12. The molecule has 0 atom stereocenters. The van der Waals surface area contributed by atoms with Gasteiger partial charge in [0.25, 0.3) is 10.0 Å². The number of nitrogens with one attached hydrogen (secondary N) is 3. The number of amides is 1. The molecule has 5 aromatic rings. The summed E-state index contributed by atoms with van der Waals surface area (Å²) in [5.41, 5.74) is 5.14. The van der Waals surface area contributed by atoms with E-state index in [1.54, 1.807) is 18.2 Å². The Morgan fingerprint density at radius 2 is 1.63 bits per heavy atom. The number of aromatic amines is 1. The molecule has 1 aromatic heterocycles. The van der Waals surface area contributed by atoms with Crippen LogP contribution in [0.5, 0.6) is 0 Å². The second-order valence-electron chi connectivity index (χ2n) is 10.6. The Labute approximate surface area is 239 Å². The highest BCUT2D eigenvalue weighted by molar-refractivity contribution is 7.93. The van der Waals surface area contributed by atoms with Crippen molar-refractivity contribution in [2.75, 3.05) is 29.0 Å². The van der Waals surface area contributed by atoms with E-state index < -0.39 is 10.0 Å². The molecular formula is C32H31N5O3S. The third kappa shape index (κ3) is 5.81. The van der Waals surface area contributed by atoms with Crippen molar-refractivity contribution in [1.29, 1.82) is 0 Å². The molecule has 1 aliphatic carbocycles. The molecule has 0 unspecified atom stereocenters. The van der Waals surface area contributed by atoms with E-state index in [0.717, 1.165) is 33.5 Å². The summed E-state index contributed by atoms with van der Waals surface area (Å²) in [4.78, 5) is 14.7. The van der Waals surface area contributed by atoms with Gasteiger partial charge in [0.1, 0.15) is 0 Å². The van der Waals surface area contributed by atoms with Crippen molar-refractivity contribution in [2.45, 2.75) is 30.1 Å². The lowest BCUT2D eigenvalue weighted by molar-refractivity contribution is -0.115. The standard InChI is InChI=1S/C32H31N5O3S/c1-37(2)29-10-4-9-27-26(29)8-5-11-30(27)41(39,40)36-25-7-3-6-24(19-25)22-14-12-21(13-15-22)18-32(38)33-31-20-28(34-35-31)23-16-17-23/h3-15,19-20,23,36H,16-18H2,1-2H3,(H2,33,34,35,38). The van der Waals surface area contributed by atoms with Crippen molar-refractivity contribution < 1.29 is 13.2 Å². The summed E-state index contributed by atoms with van der Waals surface area (Å²) in [6, 6.07) is 27.9. The predicted molar refractivity (Wildman–Crippen MR) is 164 cm³/mol. The van der Waals surface area contributed by atoms with Gasteiger partial charge in [0.05, 0.1) is 11.3 Å². The average Bonchev–Trinajstić information content (AvgIpc) is 3.71. The molecule has 1 saturated carbocycles. The van der Waals surface area contributed by atoms with Crippen LogP contribution in [0.2, 0.25) is 0 Å². The number of H-pyrrole nitrogens is 1. The molecule has 9 heteroatoms. The largest absolute Gasteiger partial charge is 0.377 e. The summed E-state index contributed by atoms with van der Waals surface area (Å²) >= 11 is 0. The molecule has 41 heavy (non-hydrogen) atoms. The Morgan fingerprint density at radius 1 is 0.902 bits per heavy atom. The van der Waals surface area contributed by atoms with Gasteiger partial charge in [-0.1, -0.05) is 60.7 Å². The minimum absolute atomic E-state index is 0.130. The molecule has 6 rings (SSSR count). The van der Waals surface area contributed by atoms with Gasteiger partial charge < -0.3 is 10.2 Å². The normalized spacial score (nSPS) is 13.2. The van der Waals surface area contributed by atoms with E-state index in [1.807, 2.05) is 91.8 Å². The first kappa shape index (κ1) is 26.6. The molecular weight excluding hydrogens is 534 g/mol. The van der Waals surface area contributed by atoms with Crippen LogP contribution in [-0.2, 0) is 21.2 Å². The van der Waals surface area contributed by atoms with E-state index in [4.69, 9.17) is 0 Å². The molecule has 0 saturated heterocycles. The van der Waals surface area contributed by atoms with E-state index in [2.05, 4.69) is 20.2 Å². The third-order valence-corrected chi connectivity index (χ3v) is 8.72. The number of benzene rings is 4. The minimum Gasteiger partial charge on any atom is -0.377 e. The second-order valence-corrected chi connectivity index (χ2v) is 12.3. The smallest absolute Gasteiger partial charge is 0.262 e. The molecule has 1 aliphatic rings. The fourth-order valence-electron chi connectivity index (χ4n) is 5.05. The van der Waals surface area contributed by atoms with Crippen LogP contribution in [0, 0.1) is 0 Å². The maximum Gasteiger partial charge on any atom is 0.262 e. The molecule has 0 radical (unpaired) electrons. The minimum atomic E-state index is -3.85. The molecule has 0 spiro atoms. The van der Waals surface area contributed by atoms with Crippen molar-refractivity contribution >= 4 is 43.9 Å². The number of aromatic nitrogens is 2. The van der Waals surface area contributed by atoms with Crippen LogP contribution < -0.4 is 14.9 Å². The van der Waals surface area contributed by atoms with Gasteiger partial charge in [0.2, 0.25) is 5.91 Å². The Hall–Kier alpha value is -4.63. The number of fused-ring (bicyclic) bond motifs is 1. The van der Waals surface area contributed by atoms with Crippen LogP contribution in [0.4, 0.5) is 17.2 Å². The quantitative estimate of drug-likeness (QED) is 0.199. The van der Waals surface area contributed by atoms with Crippen LogP contribution in [0.3, 0.4) is 0 Å². The maximum absolute atomic E-state index is 13.5. The lowest BCUT2D eigenvalue weighted by Gasteiger charge is -2.17. The van der Waals surface area contributed by atoms with Crippen LogP contribution >= 0.6 is 0 Å². The highest BCUT2D eigenvalue weighted by atomic mass is 32.2. The fraction of sp³-hybridized carbons (Fsp3) is 0.188. The molecule has 0 aliphatic heterocycles. The van der Waals surface area contributed by atoms with Gasteiger partial charge in [-0.3, -0.25) is 14.6 Å². The van der Waals surface area contributed by atoms with E-state index in [9.17, 15) is 13.2 Å². The Balaban J connectivity index is 1.16. The number of hydrogen-bond acceptors (Lipinski definition) is 5. The monoisotopic (exact) mass is 565 g/mol. The summed E-state index contributed by atoms with van der Waals surface area (Å²) < 4.78 is 29.7. The van der Waals surface area contributed by atoms with Gasteiger partial charge in [-0.25, -0.2) is 8.42 Å². The summed E-state index contributed by atoms with van der Waals surface area (Å²) in [6.07, 6.45) is 2.56. The maximum atomic E-state index is 13.5. The van der Waals surface area contributed by atoms with Gasteiger partial charge in [-0.2, -0.15) is 5.10 Å². The zero-order chi connectivity index (χ0) is 28.6. The van der Waals surface area contributed by atoms with E-state index in [-0.39, 0.29) is 17.2 Å². The van der Waals surface area contributed by atoms with Crippen molar-refractivity contribution in [1.82, 2.24) is 10.2 Å². The summed E-state index contributed by atoms with van der Waals surface area (Å²) in [6.45, 7) is 0. The first-order chi connectivity index (χ1) is 19.8. The van der Waals surface area contributed by atoms with Gasteiger partial charge in [-0.05, 0) is 53.8 Å². The summed E-state index contributed by atoms with van der Waals surface area (Å²) in [5, 5.41) is 11.6. The second kappa shape index (κ2) is 10.7. The Morgan fingerprint density at radius 3 is 2.39 bits per heavy atom. The fourth-order valence-corrected chi connectivity index (χ4v) is 6.33. The van der Waals surface area contributed by atoms with Crippen molar-refractivity contribution in [3.8, 4) is 11.1 Å². The molecule has 0 bridgehead atoms. The van der Waals surface area contributed by atoms with Crippen LogP contribution in [0.1, 0.15) is 30.0 Å². The van der Waals surface area contributed by atoms with Gasteiger partial charge in [0.15, 0.2) is 5.82 Å². The number of carbonyl (C=O) groups excluding carboxylic acids is 1. The van der Waals surface area contributed by atoms with Gasteiger partial charge in [-0.15, -0.1) is 0 Å². The summed E-state index contributed by atoms with van der Waals surface area (Å²) in [7, 11) is 0.0256. The predicted octanol–water partition coefficient (Wildman–Crippen LogP) is 6.16. The highest BCUT2D eigenvalue weighted by Gasteiger charge is 2.25. The van der Waals surface area contributed by atoms with Gasteiger partial charge >= 0.3 is 0 Å². The lowest BCUT2D eigenvalue weighted by Crippen LogP contribution is -2.14. The van der Waals surface area contributed by atoms with Crippen LogP contribution in [-0.4, -0.2) is 38.6 Å². The first-order valence-corrected chi connectivity index (χ1v) is 15.0. The Bertz CT molecular complexity index is 1840. The van der Waals surface area contributed by atoms with Crippen molar-refractivity contribution in [2.24, 2.45) is 0 Å². The zero-order valence-corrected chi connectivity index (χ0v) is 23.7. The number of sulfonamides is 1. The van der Waals surface area contributed by atoms with Gasteiger partial charge in [0, 0.05) is 53.9 Å². The summed E-state index contributed by atoms with van der Waals surface area (Å²) in [5.74, 6) is 0.965. The van der Waals surface area contributed by atoms with Crippen LogP contribution in [0.25, 0.3) is 21.9 Å². The average molecular weight is 566 g/mol.